The van der Waals surface area contributed by atoms with E-state index in [1.54, 1.807) is 24.4 Å². The van der Waals surface area contributed by atoms with Crippen LogP contribution in [0.2, 0.25) is 0 Å². The summed E-state index contributed by atoms with van der Waals surface area (Å²) in [6, 6.07) is 7.15. The van der Waals surface area contributed by atoms with Gasteiger partial charge >= 0.3 is 152 Å². The molecule has 1 aliphatic heterocycles. The van der Waals surface area contributed by atoms with Crippen molar-refractivity contribution in [2.75, 3.05) is 20.8 Å². The molecule has 3 heterocycles. The van der Waals surface area contributed by atoms with E-state index in [1.807, 2.05) is 6.07 Å². The number of alkyl halides is 4. The summed E-state index contributed by atoms with van der Waals surface area (Å²) in [6.07, 6.45) is -1.50. The van der Waals surface area contributed by atoms with Crippen molar-refractivity contribution >= 4 is 16.6 Å². The number of aromatic amines is 1. The van der Waals surface area contributed by atoms with Gasteiger partial charge in [-0.25, -0.2) is 0 Å². The molecule has 4 rings (SSSR count). The second kappa shape index (κ2) is 6.45. The van der Waals surface area contributed by atoms with Crippen LogP contribution in [0.4, 0.5) is 18.9 Å². The average Bonchev–Trinajstić information content (AvgIpc) is 3.12. The van der Waals surface area contributed by atoms with Gasteiger partial charge in [0.2, 0.25) is 0 Å². The van der Waals surface area contributed by atoms with Gasteiger partial charge in [-0.1, -0.05) is 0 Å². The van der Waals surface area contributed by atoms with E-state index in [1.165, 1.54) is 6.20 Å². The van der Waals surface area contributed by atoms with Crippen LogP contribution in [-0.4, -0.2) is 32.8 Å². The summed E-state index contributed by atoms with van der Waals surface area (Å²) in [5, 5.41) is 9.87. The molecule has 1 aliphatic rings. The number of hydrogen-bond donors (Lipinski definition) is 2. The van der Waals surface area contributed by atoms with Gasteiger partial charge in [0.15, 0.2) is 0 Å². The standard InChI is InChI=1S/C16H14F3IN5/c17-16(18,19)15-12(8-23-24-15)10-1-2-13-11(7-10)14(3-4-22-13)25-6-5-21-9-20-25/h1-4,7-8,21H,5-6,9H2,(H,23,24)/q-1. The number of hydrogen-bond acceptors (Lipinski definition) is 4. The fourth-order valence-electron chi connectivity index (χ4n) is 2.83. The van der Waals surface area contributed by atoms with Crippen molar-refractivity contribution in [3.63, 3.8) is 0 Å². The molecule has 2 N–H and O–H groups in total. The zero-order chi connectivity index (χ0) is 17.4. The summed E-state index contributed by atoms with van der Waals surface area (Å²) in [5.41, 5.74) is 1.53. The van der Waals surface area contributed by atoms with Gasteiger partial charge in [-0.2, -0.15) is 0 Å². The Bertz CT molecular complexity index is 902. The van der Waals surface area contributed by atoms with Crippen LogP contribution in [-0.2, 0) is 6.18 Å². The molecule has 132 valence electrons. The Labute approximate surface area is 152 Å². The Kier molecular flexibility index (Phi) is 4.28. The van der Waals surface area contributed by atoms with E-state index in [9.17, 15) is 13.2 Å². The molecule has 0 saturated carbocycles. The molecule has 5 nitrogen and oxygen atoms in total. The number of halogens is 4. The molecule has 0 bridgehead atoms. The molecule has 3 aromatic rings. The summed E-state index contributed by atoms with van der Waals surface area (Å²) in [6.45, 7) is 1.80. The molecule has 25 heavy (non-hydrogen) atoms. The molecule has 9 heteroatoms. The number of nitrogens with one attached hydrogen (secondary N) is 2. The maximum absolute atomic E-state index is 13.2. The molecular formula is C16H14F3IN5-. The second-order valence-corrected chi connectivity index (χ2v) is 8.17. The fraction of sp³-hybridized carbons (Fsp3) is 0.250. The van der Waals surface area contributed by atoms with Crippen LogP contribution in [0, 0.1) is 0 Å². The first kappa shape index (κ1) is 16.6. The summed E-state index contributed by atoms with van der Waals surface area (Å²) < 4.78 is 42.8. The first-order valence-electron chi connectivity index (χ1n) is 7.61. The third-order valence-corrected chi connectivity index (χ3v) is 6.70. The maximum atomic E-state index is 13.2. The molecule has 0 spiro atoms. The molecule has 1 aromatic carbocycles. The molecular weight excluding hydrogens is 446 g/mol. The number of rotatable bonds is 2. The SMILES string of the molecule is FC(F)(F)c1[nH]ncc1-c1ccc2nccc(N3CCNC[I-]3)c2c1. The quantitative estimate of drug-likeness (QED) is 0.245. The Balaban J connectivity index is 1.84. The Hall–Kier alpha value is -1.88. The van der Waals surface area contributed by atoms with E-state index >= 15 is 0 Å². The minimum atomic E-state index is -4.47. The van der Waals surface area contributed by atoms with Gasteiger partial charge < -0.3 is 0 Å². The van der Waals surface area contributed by atoms with Crippen LogP contribution >= 0.6 is 0 Å². The summed E-state index contributed by atoms with van der Waals surface area (Å²) in [5.74, 6) is 0. The van der Waals surface area contributed by atoms with Crippen molar-refractivity contribution in [3.8, 4) is 11.1 Å². The first-order chi connectivity index (χ1) is 12.0. The topological polar surface area (TPSA) is 56.8 Å². The van der Waals surface area contributed by atoms with Crippen LogP contribution in [0.1, 0.15) is 5.69 Å². The number of H-pyrrole nitrogens is 1. The third-order valence-electron chi connectivity index (χ3n) is 4.00. The van der Waals surface area contributed by atoms with Gasteiger partial charge in [0.1, 0.15) is 0 Å². The number of fused-ring (bicyclic) bond motifs is 1. The van der Waals surface area contributed by atoms with E-state index in [2.05, 4.69) is 23.6 Å². The normalized spacial score (nSPS) is 16.0. The molecule has 0 aliphatic carbocycles. The van der Waals surface area contributed by atoms with Gasteiger partial charge in [0, 0.05) is 0 Å². The Morgan fingerprint density at radius 3 is 2.84 bits per heavy atom. The molecule has 1 fully saturated rings. The van der Waals surface area contributed by atoms with Gasteiger partial charge in [-0.05, 0) is 0 Å². The van der Waals surface area contributed by atoms with Crippen molar-refractivity contribution in [1.82, 2.24) is 20.5 Å². The van der Waals surface area contributed by atoms with Gasteiger partial charge in [0.25, 0.3) is 0 Å². The van der Waals surface area contributed by atoms with E-state index in [0.717, 1.165) is 34.2 Å². The van der Waals surface area contributed by atoms with Gasteiger partial charge in [-0.15, -0.1) is 0 Å². The Morgan fingerprint density at radius 2 is 2.08 bits per heavy atom. The molecule has 0 amide bonds. The van der Waals surface area contributed by atoms with Gasteiger partial charge in [-0.3, -0.25) is 0 Å². The molecule has 0 unspecified atom stereocenters. The van der Waals surface area contributed by atoms with Crippen molar-refractivity contribution in [2.24, 2.45) is 0 Å². The van der Waals surface area contributed by atoms with Crippen LogP contribution < -0.4 is 29.9 Å². The summed E-state index contributed by atoms with van der Waals surface area (Å²) in [4.78, 5) is 4.35. The fourth-order valence-corrected chi connectivity index (χ4v) is 5.24. The number of aromatic nitrogens is 3. The number of nitrogens with zero attached hydrogens (tertiary/aromatic N) is 3. The van der Waals surface area contributed by atoms with Crippen molar-refractivity contribution in [2.45, 2.75) is 6.18 Å². The zero-order valence-electron chi connectivity index (χ0n) is 12.9. The van der Waals surface area contributed by atoms with Crippen LogP contribution in [0.15, 0.2) is 36.7 Å². The Morgan fingerprint density at radius 1 is 1.20 bits per heavy atom. The molecule has 1 saturated heterocycles. The van der Waals surface area contributed by atoms with Crippen molar-refractivity contribution in [3.05, 3.63) is 42.4 Å². The minimum absolute atomic E-state index is 0.0548. The monoisotopic (exact) mass is 460 g/mol. The predicted octanol–water partition coefficient (Wildman–Crippen LogP) is 0.0148. The van der Waals surface area contributed by atoms with Crippen LogP contribution in [0.25, 0.3) is 22.0 Å². The molecule has 0 atom stereocenters. The molecule has 0 radical (unpaired) electrons. The van der Waals surface area contributed by atoms with Crippen LogP contribution in [0.3, 0.4) is 0 Å². The number of anilines is 1. The van der Waals surface area contributed by atoms with E-state index in [4.69, 9.17) is 0 Å². The zero-order valence-corrected chi connectivity index (χ0v) is 15.1. The second-order valence-electron chi connectivity index (χ2n) is 5.56. The summed E-state index contributed by atoms with van der Waals surface area (Å²) >= 11 is -0.190. The molecule has 2 aromatic heterocycles. The summed E-state index contributed by atoms with van der Waals surface area (Å²) in [7, 11) is 0. The number of benzene rings is 1. The van der Waals surface area contributed by atoms with E-state index < -0.39 is 11.9 Å². The number of pyridine rings is 1. The predicted molar refractivity (Wildman–Crippen MR) is 84.5 cm³/mol. The van der Waals surface area contributed by atoms with Crippen molar-refractivity contribution < 1.29 is 34.7 Å². The van der Waals surface area contributed by atoms with E-state index in [-0.39, 0.29) is 27.0 Å². The van der Waals surface area contributed by atoms with Gasteiger partial charge in [0.05, 0.1) is 0 Å². The van der Waals surface area contributed by atoms with Crippen LogP contribution in [0.5, 0.6) is 0 Å². The third kappa shape index (κ3) is 3.17. The van der Waals surface area contributed by atoms with E-state index in [0.29, 0.717) is 5.56 Å². The average molecular weight is 460 g/mol. The van der Waals surface area contributed by atoms with Crippen molar-refractivity contribution in [1.29, 1.82) is 0 Å². The first-order valence-corrected chi connectivity index (χ1v) is 10.1.